The maximum absolute atomic E-state index is 12.7. The summed E-state index contributed by atoms with van der Waals surface area (Å²) in [5.74, 6) is 0. The highest BCUT2D eigenvalue weighted by Crippen LogP contribution is 2.25. The second-order valence-corrected chi connectivity index (χ2v) is 2.70. The third-order valence-corrected chi connectivity index (χ3v) is 1.95. The van der Waals surface area contributed by atoms with Gasteiger partial charge in [-0.15, -0.1) is 0 Å². The lowest BCUT2D eigenvalue weighted by molar-refractivity contribution is -0.0180. The van der Waals surface area contributed by atoms with Gasteiger partial charge >= 0.3 is 0 Å². The molecule has 0 bridgehead atoms. The molecule has 1 nitrogen and oxygen atoms in total. The van der Waals surface area contributed by atoms with Crippen LogP contribution in [0.4, 0.5) is 8.78 Å². The summed E-state index contributed by atoms with van der Waals surface area (Å²) < 4.78 is 30.0. The average molecular weight is 150 g/mol. The molecule has 60 valence electrons. The smallest absolute Gasteiger partial charge is 0.126 e. The lowest BCUT2D eigenvalue weighted by Crippen LogP contribution is -2.33. The lowest BCUT2D eigenvalue weighted by atomic mass is 9.94. The van der Waals surface area contributed by atoms with Crippen molar-refractivity contribution in [3.05, 3.63) is 0 Å². The van der Waals surface area contributed by atoms with E-state index in [0.29, 0.717) is 12.8 Å². The van der Waals surface area contributed by atoms with Crippen molar-refractivity contribution in [1.82, 2.24) is 0 Å². The van der Waals surface area contributed by atoms with Gasteiger partial charge in [-0.1, -0.05) is 0 Å². The molecule has 0 saturated heterocycles. The van der Waals surface area contributed by atoms with Gasteiger partial charge in [0.15, 0.2) is 0 Å². The van der Waals surface area contributed by atoms with Crippen LogP contribution in [0.5, 0.6) is 0 Å². The molecular weight excluding hydrogens is 138 g/mol. The van der Waals surface area contributed by atoms with Gasteiger partial charge < -0.3 is 4.74 Å². The highest BCUT2D eigenvalue weighted by molar-refractivity contribution is 4.80. The van der Waals surface area contributed by atoms with Crippen LogP contribution >= 0.6 is 0 Å². The van der Waals surface area contributed by atoms with E-state index in [0.717, 1.165) is 0 Å². The topological polar surface area (TPSA) is 9.23 Å². The first kappa shape index (κ1) is 7.92. The van der Waals surface area contributed by atoms with Gasteiger partial charge in [0.05, 0.1) is 6.10 Å². The summed E-state index contributed by atoms with van der Waals surface area (Å²) in [6, 6.07) is 0. The number of hydrogen-bond acceptors (Lipinski definition) is 1. The van der Waals surface area contributed by atoms with E-state index >= 15 is 0 Å². The fraction of sp³-hybridized carbons (Fsp3) is 1.00. The van der Waals surface area contributed by atoms with Gasteiger partial charge in [-0.2, -0.15) is 0 Å². The molecule has 0 aliphatic heterocycles. The predicted octanol–water partition coefficient (Wildman–Crippen LogP) is 1.86. The monoisotopic (exact) mass is 150 g/mol. The van der Waals surface area contributed by atoms with Crippen molar-refractivity contribution in [1.29, 1.82) is 0 Å². The van der Waals surface area contributed by atoms with Gasteiger partial charge in [-0.05, 0) is 12.8 Å². The number of rotatable bonds is 1. The number of halogens is 2. The maximum atomic E-state index is 12.7. The van der Waals surface area contributed by atoms with Crippen LogP contribution in [0.2, 0.25) is 0 Å². The van der Waals surface area contributed by atoms with E-state index in [2.05, 4.69) is 0 Å². The second kappa shape index (κ2) is 3.28. The summed E-state index contributed by atoms with van der Waals surface area (Å²) in [5, 5.41) is 0. The number of methoxy groups -OCH3 is 1. The van der Waals surface area contributed by atoms with Gasteiger partial charge in [0.2, 0.25) is 0 Å². The minimum absolute atomic E-state index is 0.220. The Labute approximate surface area is 59.4 Å². The molecule has 0 aromatic heterocycles. The second-order valence-electron chi connectivity index (χ2n) is 2.70. The van der Waals surface area contributed by atoms with Crippen molar-refractivity contribution < 1.29 is 13.5 Å². The molecule has 1 aliphatic carbocycles. The van der Waals surface area contributed by atoms with Gasteiger partial charge in [0, 0.05) is 13.5 Å². The zero-order valence-corrected chi connectivity index (χ0v) is 6.02. The van der Waals surface area contributed by atoms with Gasteiger partial charge in [-0.25, -0.2) is 8.78 Å². The summed E-state index contributed by atoms with van der Waals surface area (Å²) in [5.41, 5.74) is 0. The fourth-order valence-electron chi connectivity index (χ4n) is 1.29. The SMILES string of the molecule is COC1CC(F)CCC1F. The summed E-state index contributed by atoms with van der Waals surface area (Å²) in [6.45, 7) is 0. The molecule has 0 N–H and O–H groups in total. The molecule has 1 aliphatic rings. The minimum atomic E-state index is -0.961. The highest BCUT2D eigenvalue weighted by atomic mass is 19.1. The van der Waals surface area contributed by atoms with Crippen LogP contribution in [0.25, 0.3) is 0 Å². The molecule has 3 heteroatoms. The Kier molecular flexibility index (Phi) is 2.60. The number of hydrogen-bond donors (Lipinski definition) is 0. The molecule has 0 radical (unpaired) electrons. The molecule has 3 unspecified atom stereocenters. The molecule has 0 heterocycles. The van der Waals surface area contributed by atoms with Gasteiger partial charge in [0.1, 0.15) is 12.3 Å². The average Bonchev–Trinajstić information content (AvgIpc) is 1.94. The van der Waals surface area contributed by atoms with E-state index in [1.807, 2.05) is 0 Å². The van der Waals surface area contributed by atoms with Crippen molar-refractivity contribution in [3.8, 4) is 0 Å². The van der Waals surface area contributed by atoms with E-state index < -0.39 is 18.4 Å². The molecule has 0 aromatic rings. The quantitative estimate of drug-likeness (QED) is 0.554. The third-order valence-electron chi connectivity index (χ3n) is 1.95. The van der Waals surface area contributed by atoms with E-state index in [-0.39, 0.29) is 6.42 Å². The molecule has 0 amide bonds. The molecule has 0 aromatic carbocycles. The summed E-state index contributed by atoms with van der Waals surface area (Å²) in [4.78, 5) is 0. The van der Waals surface area contributed by atoms with Crippen LogP contribution in [0.1, 0.15) is 19.3 Å². The summed E-state index contributed by atoms with van der Waals surface area (Å²) in [6.07, 6.45) is -1.46. The van der Waals surface area contributed by atoms with Crippen LogP contribution in [-0.4, -0.2) is 25.6 Å². The molecule has 3 atom stereocenters. The van der Waals surface area contributed by atoms with Crippen molar-refractivity contribution >= 4 is 0 Å². The largest absolute Gasteiger partial charge is 0.378 e. The van der Waals surface area contributed by atoms with Crippen LogP contribution < -0.4 is 0 Å². The van der Waals surface area contributed by atoms with Gasteiger partial charge in [-0.3, -0.25) is 0 Å². The van der Waals surface area contributed by atoms with Crippen LogP contribution in [-0.2, 0) is 4.74 Å². The van der Waals surface area contributed by atoms with E-state index in [4.69, 9.17) is 4.74 Å². The Hall–Kier alpha value is -0.180. The zero-order chi connectivity index (χ0) is 7.56. The first-order valence-corrected chi connectivity index (χ1v) is 3.55. The summed E-state index contributed by atoms with van der Waals surface area (Å²) >= 11 is 0. The molecule has 10 heavy (non-hydrogen) atoms. The normalized spacial score (nSPS) is 41.7. The Bertz CT molecular complexity index is 108. The molecule has 1 fully saturated rings. The van der Waals surface area contributed by atoms with Gasteiger partial charge in [0.25, 0.3) is 0 Å². The molecular formula is C7H12F2O. The lowest BCUT2D eigenvalue weighted by Gasteiger charge is -2.26. The Morgan fingerprint density at radius 3 is 2.50 bits per heavy atom. The van der Waals surface area contributed by atoms with E-state index in [1.165, 1.54) is 7.11 Å². The first-order chi connectivity index (χ1) is 4.74. The molecule has 1 rings (SSSR count). The van der Waals surface area contributed by atoms with Crippen LogP contribution in [0.3, 0.4) is 0 Å². The van der Waals surface area contributed by atoms with Crippen LogP contribution in [0.15, 0.2) is 0 Å². The van der Waals surface area contributed by atoms with Crippen molar-refractivity contribution in [2.24, 2.45) is 0 Å². The maximum Gasteiger partial charge on any atom is 0.126 e. The van der Waals surface area contributed by atoms with E-state index in [9.17, 15) is 8.78 Å². The predicted molar refractivity (Wildman–Crippen MR) is 34.4 cm³/mol. The first-order valence-electron chi connectivity index (χ1n) is 3.55. The van der Waals surface area contributed by atoms with Crippen molar-refractivity contribution in [2.45, 2.75) is 37.7 Å². The number of ether oxygens (including phenoxy) is 1. The number of alkyl halides is 2. The Morgan fingerprint density at radius 2 is 2.00 bits per heavy atom. The van der Waals surface area contributed by atoms with Crippen molar-refractivity contribution in [2.75, 3.05) is 7.11 Å². The third kappa shape index (κ3) is 1.66. The minimum Gasteiger partial charge on any atom is -0.378 e. The Balaban J connectivity index is 2.38. The van der Waals surface area contributed by atoms with Crippen molar-refractivity contribution in [3.63, 3.8) is 0 Å². The van der Waals surface area contributed by atoms with Crippen LogP contribution in [0, 0.1) is 0 Å². The standard InChI is InChI=1S/C7H12F2O/c1-10-7-4-5(8)2-3-6(7)9/h5-7H,2-4H2,1H3. The zero-order valence-electron chi connectivity index (χ0n) is 6.02. The molecule has 1 saturated carbocycles. The molecule has 0 spiro atoms. The highest BCUT2D eigenvalue weighted by Gasteiger charge is 2.30. The summed E-state index contributed by atoms with van der Waals surface area (Å²) in [7, 11) is 1.43. The Morgan fingerprint density at radius 1 is 1.30 bits per heavy atom. The van der Waals surface area contributed by atoms with E-state index in [1.54, 1.807) is 0 Å². The fourth-order valence-corrected chi connectivity index (χ4v) is 1.29.